The zero-order chi connectivity index (χ0) is 20.8. The molecule has 0 radical (unpaired) electrons. The molecule has 9 nitrogen and oxygen atoms in total. The number of nitrogens with zero attached hydrogens (tertiary/aromatic N) is 4. The topological polar surface area (TPSA) is 106 Å². The van der Waals surface area contributed by atoms with Crippen molar-refractivity contribution in [2.24, 2.45) is 5.41 Å². The lowest BCUT2D eigenvalue weighted by Crippen LogP contribution is -2.61. The second-order valence-electron chi connectivity index (χ2n) is 7.53. The molecular formula is C18H21FN4O5S. The van der Waals surface area contributed by atoms with Gasteiger partial charge in [0.2, 0.25) is 21.8 Å². The minimum Gasteiger partial charge on any atom is -0.375 e. The molecular weight excluding hydrogens is 403 g/mol. The first kappa shape index (κ1) is 19.9. The third-order valence-electron chi connectivity index (χ3n) is 5.54. The van der Waals surface area contributed by atoms with Crippen LogP contribution in [0.4, 0.5) is 4.39 Å². The maximum Gasteiger partial charge on any atom is 0.248 e. The van der Waals surface area contributed by atoms with Crippen LogP contribution in [0.5, 0.6) is 0 Å². The largest absolute Gasteiger partial charge is 0.375 e. The molecule has 1 unspecified atom stereocenters. The molecule has 2 aromatic rings. The Morgan fingerprint density at radius 2 is 2.00 bits per heavy atom. The van der Waals surface area contributed by atoms with Crippen LogP contribution in [0.25, 0.3) is 0 Å². The zero-order valence-electron chi connectivity index (χ0n) is 16.0. The van der Waals surface area contributed by atoms with Gasteiger partial charge in [-0.1, -0.05) is 5.16 Å². The Kier molecular flexibility index (Phi) is 4.91. The van der Waals surface area contributed by atoms with E-state index >= 15 is 0 Å². The molecule has 2 fully saturated rings. The Labute approximate surface area is 167 Å². The summed E-state index contributed by atoms with van der Waals surface area (Å²) in [5.41, 5.74) is -0.518. The number of hydrogen-bond donors (Lipinski definition) is 0. The highest BCUT2D eigenvalue weighted by atomic mass is 32.2. The molecule has 0 N–H and O–H groups in total. The summed E-state index contributed by atoms with van der Waals surface area (Å²) in [4.78, 5) is 18.3. The number of likely N-dealkylation sites (tertiary alicyclic amines) is 1. The highest BCUT2D eigenvalue weighted by Crippen LogP contribution is 2.50. The molecule has 156 valence electrons. The van der Waals surface area contributed by atoms with Crippen molar-refractivity contribution in [3.8, 4) is 0 Å². The fourth-order valence-electron chi connectivity index (χ4n) is 4.07. The number of amides is 1. The van der Waals surface area contributed by atoms with Crippen molar-refractivity contribution in [1.82, 2.24) is 19.3 Å². The van der Waals surface area contributed by atoms with Gasteiger partial charge < -0.3 is 14.2 Å². The highest BCUT2D eigenvalue weighted by molar-refractivity contribution is 7.89. The number of sulfonamides is 1. The van der Waals surface area contributed by atoms with E-state index in [1.807, 2.05) is 0 Å². The Bertz CT molecular complexity index is 1020. The van der Waals surface area contributed by atoms with Gasteiger partial charge in [-0.2, -0.15) is 9.29 Å². The van der Waals surface area contributed by atoms with Gasteiger partial charge in [0, 0.05) is 38.7 Å². The summed E-state index contributed by atoms with van der Waals surface area (Å²) in [5, 5.41) is 3.83. The maximum atomic E-state index is 13.2. The average Bonchev–Trinajstić information content (AvgIpc) is 3.25. The smallest absolute Gasteiger partial charge is 0.248 e. The summed E-state index contributed by atoms with van der Waals surface area (Å²) < 4.78 is 50.5. The SMILES string of the molecule is COCC(=O)N1CC(c2nc(C)no2)C2(C1)CN(S(=O)(=O)c1ccc(F)cc1)C2. The van der Waals surface area contributed by atoms with Crippen LogP contribution in [-0.4, -0.2) is 73.6 Å². The average molecular weight is 424 g/mol. The molecule has 3 heterocycles. The standard InChI is InChI=1S/C18H21FN4O5S/c1-12-20-17(28-21-12)15-7-22(16(24)8-27-2)9-18(15)10-23(11-18)29(25,26)14-5-3-13(19)4-6-14/h3-6,15H,7-11H2,1-2H3. The number of rotatable bonds is 5. The molecule has 0 bridgehead atoms. The van der Waals surface area contributed by atoms with E-state index < -0.39 is 21.3 Å². The first-order chi connectivity index (χ1) is 13.7. The van der Waals surface area contributed by atoms with Gasteiger partial charge in [-0.3, -0.25) is 4.79 Å². The Hall–Kier alpha value is -2.37. The molecule has 1 aromatic carbocycles. The van der Waals surface area contributed by atoms with Crippen LogP contribution >= 0.6 is 0 Å². The predicted octanol–water partition coefficient (Wildman–Crippen LogP) is 0.780. The van der Waals surface area contributed by atoms with E-state index in [0.717, 1.165) is 12.1 Å². The molecule has 11 heteroatoms. The third kappa shape index (κ3) is 3.43. The van der Waals surface area contributed by atoms with Gasteiger partial charge in [-0.05, 0) is 31.2 Å². The summed E-state index contributed by atoms with van der Waals surface area (Å²) in [6, 6.07) is 4.73. The Balaban J connectivity index is 1.58. The molecule has 29 heavy (non-hydrogen) atoms. The number of aryl methyl sites for hydroxylation is 1. The summed E-state index contributed by atoms with van der Waals surface area (Å²) in [6.45, 7) is 2.79. The first-order valence-corrected chi connectivity index (χ1v) is 10.5. The van der Waals surface area contributed by atoms with Gasteiger partial charge in [-0.25, -0.2) is 12.8 Å². The quantitative estimate of drug-likeness (QED) is 0.698. The minimum absolute atomic E-state index is 0.0317. The van der Waals surface area contributed by atoms with Gasteiger partial charge in [0.05, 0.1) is 10.8 Å². The molecule has 1 aromatic heterocycles. The predicted molar refractivity (Wildman–Crippen MR) is 97.8 cm³/mol. The van der Waals surface area contributed by atoms with Crippen LogP contribution in [-0.2, 0) is 19.6 Å². The number of hydrogen-bond acceptors (Lipinski definition) is 7. The van der Waals surface area contributed by atoms with Gasteiger partial charge in [0.15, 0.2) is 5.82 Å². The molecule has 2 aliphatic rings. The minimum atomic E-state index is -3.76. The lowest BCUT2D eigenvalue weighted by molar-refractivity contribution is -0.134. The summed E-state index contributed by atoms with van der Waals surface area (Å²) >= 11 is 0. The van der Waals surface area contributed by atoms with Crippen LogP contribution in [0, 0.1) is 18.2 Å². The number of carbonyl (C=O) groups excluding carboxylic acids is 1. The number of halogens is 1. The van der Waals surface area contributed by atoms with Gasteiger partial charge in [0.25, 0.3) is 0 Å². The zero-order valence-corrected chi connectivity index (χ0v) is 16.9. The van der Waals surface area contributed by atoms with E-state index in [0.29, 0.717) is 24.8 Å². The molecule has 0 aliphatic carbocycles. The van der Waals surface area contributed by atoms with Crippen LogP contribution in [0.15, 0.2) is 33.7 Å². The summed E-state index contributed by atoms with van der Waals surface area (Å²) in [6.07, 6.45) is 0. The fourth-order valence-corrected chi connectivity index (χ4v) is 5.70. The van der Waals surface area contributed by atoms with Crippen LogP contribution in [0.2, 0.25) is 0 Å². The molecule has 4 rings (SSSR count). The van der Waals surface area contributed by atoms with Crippen molar-refractivity contribution >= 4 is 15.9 Å². The molecule has 0 saturated carbocycles. The molecule has 1 spiro atoms. The first-order valence-electron chi connectivity index (χ1n) is 9.08. The van der Waals surface area contributed by atoms with Gasteiger partial charge >= 0.3 is 0 Å². The van der Waals surface area contributed by atoms with Crippen molar-refractivity contribution in [2.75, 3.05) is 39.9 Å². The van der Waals surface area contributed by atoms with Crippen LogP contribution in [0.3, 0.4) is 0 Å². The summed E-state index contributed by atoms with van der Waals surface area (Å²) in [5.74, 6) is -0.0745. The monoisotopic (exact) mass is 424 g/mol. The summed E-state index contributed by atoms with van der Waals surface area (Å²) in [7, 11) is -2.31. The lowest BCUT2D eigenvalue weighted by Gasteiger charge is -2.48. The van der Waals surface area contributed by atoms with E-state index in [9.17, 15) is 17.6 Å². The van der Waals surface area contributed by atoms with E-state index in [-0.39, 0.29) is 36.4 Å². The Morgan fingerprint density at radius 3 is 2.59 bits per heavy atom. The maximum absolute atomic E-state index is 13.2. The molecule has 2 aliphatic heterocycles. The van der Waals surface area contributed by atoms with Crippen molar-refractivity contribution in [3.63, 3.8) is 0 Å². The van der Waals surface area contributed by atoms with Gasteiger partial charge in [0.1, 0.15) is 12.4 Å². The van der Waals surface area contributed by atoms with E-state index in [1.165, 1.54) is 23.5 Å². The van der Waals surface area contributed by atoms with E-state index in [1.54, 1.807) is 11.8 Å². The Morgan fingerprint density at radius 1 is 1.31 bits per heavy atom. The van der Waals surface area contributed by atoms with Crippen LogP contribution in [0.1, 0.15) is 17.6 Å². The molecule has 2 saturated heterocycles. The van der Waals surface area contributed by atoms with E-state index in [2.05, 4.69) is 10.1 Å². The van der Waals surface area contributed by atoms with Crippen LogP contribution < -0.4 is 0 Å². The highest BCUT2D eigenvalue weighted by Gasteiger charge is 2.60. The lowest BCUT2D eigenvalue weighted by atomic mass is 9.73. The van der Waals surface area contributed by atoms with Crippen molar-refractivity contribution < 1.29 is 26.9 Å². The molecule has 1 amide bonds. The van der Waals surface area contributed by atoms with Crippen molar-refractivity contribution in [3.05, 3.63) is 41.8 Å². The fraction of sp³-hybridized carbons (Fsp3) is 0.500. The van der Waals surface area contributed by atoms with E-state index in [4.69, 9.17) is 9.26 Å². The second-order valence-corrected chi connectivity index (χ2v) is 9.47. The number of carbonyl (C=O) groups is 1. The second kappa shape index (κ2) is 7.15. The third-order valence-corrected chi connectivity index (χ3v) is 7.35. The number of methoxy groups -OCH3 is 1. The number of benzene rings is 1. The van der Waals surface area contributed by atoms with Crippen molar-refractivity contribution in [2.45, 2.75) is 17.7 Å². The normalized spacial score (nSPS) is 21.5. The molecule has 1 atom stereocenters. The van der Waals surface area contributed by atoms with Crippen molar-refractivity contribution in [1.29, 1.82) is 0 Å². The number of ether oxygens (including phenoxy) is 1. The number of aromatic nitrogens is 2. The van der Waals surface area contributed by atoms with Gasteiger partial charge in [-0.15, -0.1) is 0 Å².